The molecule has 1 aromatic carbocycles. The number of sulfonamides is 1. The van der Waals surface area contributed by atoms with Gasteiger partial charge in [-0.15, -0.1) is 0 Å². The average Bonchev–Trinajstić information content (AvgIpc) is 2.74. The largest absolute Gasteiger partial charge is 0.508 e. The average molecular weight is 281 g/mol. The van der Waals surface area contributed by atoms with Crippen LogP contribution in [0.1, 0.15) is 12.7 Å². The molecule has 7 heteroatoms. The molecule has 0 saturated heterocycles. The number of nitrogens with one attached hydrogen (secondary N) is 1. The topological polar surface area (TPSA) is 84.2 Å². The number of imidazole rings is 1. The van der Waals surface area contributed by atoms with Gasteiger partial charge in [0, 0.05) is 18.4 Å². The lowest BCUT2D eigenvalue weighted by Crippen LogP contribution is -2.13. The molecular formula is C12H15N3O3S. The SMILES string of the molecule is CCn1cc(S(=O)(=O)Nc2ccc(O)cc2)nc1C. The maximum atomic E-state index is 12.1. The summed E-state index contributed by atoms with van der Waals surface area (Å²) in [5.74, 6) is 0.725. The van der Waals surface area contributed by atoms with Crippen LogP contribution in [0.5, 0.6) is 5.75 Å². The van der Waals surface area contributed by atoms with Crippen molar-refractivity contribution in [2.45, 2.75) is 25.4 Å². The van der Waals surface area contributed by atoms with Crippen LogP contribution in [0.25, 0.3) is 0 Å². The van der Waals surface area contributed by atoms with Crippen molar-refractivity contribution in [3.8, 4) is 5.75 Å². The van der Waals surface area contributed by atoms with Gasteiger partial charge in [0.15, 0.2) is 5.03 Å². The molecule has 0 radical (unpaired) electrons. The predicted molar refractivity (Wildman–Crippen MR) is 71.6 cm³/mol. The quantitative estimate of drug-likeness (QED) is 0.836. The molecule has 2 N–H and O–H groups in total. The molecule has 0 amide bonds. The summed E-state index contributed by atoms with van der Waals surface area (Å²) in [6.07, 6.45) is 1.50. The van der Waals surface area contributed by atoms with Crippen molar-refractivity contribution in [3.63, 3.8) is 0 Å². The number of nitrogens with zero attached hydrogens (tertiary/aromatic N) is 2. The Kier molecular flexibility index (Phi) is 3.48. The molecule has 0 aliphatic rings. The van der Waals surface area contributed by atoms with Crippen LogP contribution in [0.15, 0.2) is 35.5 Å². The minimum absolute atomic E-state index is 0.0140. The number of aryl methyl sites for hydroxylation is 2. The second-order valence-electron chi connectivity index (χ2n) is 4.06. The first-order valence-corrected chi connectivity index (χ1v) is 7.26. The monoisotopic (exact) mass is 281 g/mol. The van der Waals surface area contributed by atoms with Crippen molar-refractivity contribution in [1.29, 1.82) is 0 Å². The van der Waals surface area contributed by atoms with Gasteiger partial charge in [-0.2, -0.15) is 8.42 Å². The standard InChI is InChI=1S/C12H15N3O3S/c1-3-15-8-12(13-9(15)2)19(17,18)14-10-4-6-11(16)7-5-10/h4-8,14,16H,3H2,1-2H3. The summed E-state index contributed by atoms with van der Waals surface area (Å²) < 4.78 is 28.4. The number of rotatable bonds is 4. The van der Waals surface area contributed by atoms with E-state index in [2.05, 4.69) is 9.71 Å². The third-order valence-electron chi connectivity index (χ3n) is 2.69. The van der Waals surface area contributed by atoms with E-state index >= 15 is 0 Å². The van der Waals surface area contributed by atoms with E-state index in [1.165, 1.54) is 30.5 Å². The van der Waals surface area contributed by atoms with Crippen molar-refractivity contribution >= 4 is 15.7 Å². The maximum Gasteiger partial charge on any atom is 0.280 e. The number of hydrogen-bond acceptors (Lipinski definition) is 4. The highest BCUT2D eigenvalue weighted by molar-refractivity contribution is 7.92. The summed E-state index contributed by atoms with van der Waals surface area (Å²) in [5, 5.41) is 9.14. The smallest absolute Gasteiger partial charge is 0.280 e. The lowest BCUT2D eigenvalue weighted by molar-refractivity contribution is 0.475. The number of aromatic nitrogens is 2. The molecule has 0 unspecified atom stereocenters. The molecule has 0 spiro atoms. The number of phenolic OH excluding ortho intramolecular Hbond substituents is 1. The number of aromatic hydroxyl groups is 1. The van der Waals surface area contributed by atoms with Gasteiger partial charge in [0.1, 0.15) is 11.6 Å². The van der Waals surface area contributed by atoms with Gasteiger partial charge in [0.25, 0.3) is 10.0 Å². The van der Waals surface area contributed by atoms with Crippen LogP contribution in [-0.2, 0) is 16.6 Å². The van der Waals surface area contributed by atoms with E-state index in [4.69, 9.17) is 5.11 Å². The van der Waals surface area contributed by atoms with Gasteiger partial charge in [-0.25, -0.2) is 4.98 Å². The third-order valence-corrected chi connectivity index (χ3v) is 3.94. The van der Waals surface area contributed by atoms with Gasteiger partial charge >= 0.3 is 0 Å². The van der Waals surface area contributed by atoms with E-state index in [-0.39, 0.29) is 10.8 Å². The van der Waals surface area contributed by atoms with Crippen LogP contribution < -0.4 is 4.72 Å². The van der Waals surface area contributed by atoms with Gasteiger partial charge in [0.05, 0.1) is 0 Å². The Morgan fingerprint density at radius 2 is 1.95 bits per heavy atom. The number of hydrogen-bond donors (Lipinski definition) is 2. The van der Waals surface area contributed by atoms with Crippen molar-refractivity contribution in [2.24, 2.45) is 0 Å². The van der Waals surface area contributed by atoms with Crippen LogP contribution in [0, 0.1) is 6.92 Å². The summed E-state index contributed by atoms with van der Waals surface area (Å²) in [7, 11) is -3.70. The zero-order chi connectivity index (χ0) is 14.0. The van der Waals surface area contributed by atoms with Crippen molar-refractivity contribution < 1.29 is 13.5 Å². The molecule has 2 aromatic rings. The zero-order valence-electron chi connectivity index (χ0n) is 10.7. The third kappa shape index (κ3) is 2.87. The molecule has 0 aliphatic carbocycles. The highest BCUT2D eigenvalue weighted by atomic mass is 32.2. The van der Waals surface area contributed by atoms with E-state index in [1.54, 1.807) is 11.5 Å². The molecule has 0 fully saturated rings. The van der Waals surface area contributed by atoms with Crippen LogP contribution in [0.4, 0.5) is 5.69 Å². The molecule has 2 rings (SSSR count). The molecule has 0 atom stereocenters. The van der Waals surface area contributed by atoms with Gasteiger partial charge in [-0.1, -0.05) is 0 Å². The minimum Gasteiger partial charge on any atom is -0.508 e. The molecule has 102 valence electrons. The Bertz CT molecular complexity index is 675. The normalized spacial score (nSPS) is 11.5. The summed E-state index contributed by atoms with van der Waals surface area (Å²) in [6, 6.07) is 5.79. The second kappa shape index (κ2) is 4.93. The Morgan fingerprint density at radius 1 is 1.32 bits per heavy atom. The lowest BCUT2D eigenvalue weighted by atomic mass is 10.3. The molecule has 19 heavy (non-hydrogen) atoms. The fourth-order valence-corrected chi connectivity index (χ4v) is 2.74. The molecule has 0 saturated carbocycles. The van der Waals surface area contributed by atoms with Crippen LogP contribution >= 0.6 is 0 Å². The van der Waals surface area contributed by atoms with Gasteiger partial charge in [0.2, 0.25) is 0 Å². The van der Waals surface area contributed by atoms with Gasteiger partial charge in [-0.3, -0.25) is 4.72 Å². The Labute approximate surface area is 111 Å². The van der Waals surface area contributed by atoms with Gasteiger partial charge in [-0.05, 0) is 38.1 Å². The van der Waals surface area contributed by atoms with Crippen LogP contribution in [0.3, 0.4) is 0 Å². The van der Waals surface area contributed by atoms with Crippen LogP contribution in [0.2, 0.25) is 0 Å². The van der Waals surface area contributed by atoms with Crippen LogP contribution in [-0.4, -0.2) is 23.1 Å². The minimum atomic E-state index is -3.70. The van der Waals surface area contributed by atoms with E-state index in [1.807, 2.05) is 6.92 Å². The van der Waals surface area contributed by atoms with Crippen molar-refractivity contribution in [1.82, 2.24) is 9.55 Å². The van der Waals surface area contributed by atoms with Crippen molar-refractivity contribution in [3.05, 3.63) is 36.3 Å². The van der Waals surface area contributed by atoms with E-state index in [0.717, 1.165) is 0 Å². The fourth-order valence-electron chi connectivity index (χ4n) is 1.67. The summed E-state index contributed by atoms with van der Waals surface area (Å²) in [6.45, 7) is 4.33. The molecule has 1 aromatic heterocycles. The summed E-state index contributed by atoms with van der Waals surface area (Å²) in [5.41, 5.74) is 0.376. The Balaban J connectivity index is 2.29. The first-order chi connectivity index (χ1) is 8.92. The molecule has 1 heterocycles. The van der Waals surface area contributed by atoms with E-state index in [9.17, 15) is 8.42 Å². The molecule has 0 bridgehead atoms. The Morgan fingerprint density at radius 3 is 2.47 bits per heavy atom. The predicted octanol–water partition coefficient (Wildman–Crippen LogP) is 1.72. The Hall–Kier alpha value is -2.02. The highest BCUT2D eigenvalue weighted by Gasteiger charge is 2.18. The molecule has 0 aliphatic heterocycles. The number of benzene rings is 1. The van der Waals surface area contributed by atoms with E-state index < -0.39 is 10.0 Å². The first-order valence-electron chi connectivity index (χ1n) is 5.78. The fraction of sp³-hybridized carbons (Fsp3) is 0.250. The zero-order valence-corrected chi connectivity index (χ0v) is 11.5. The molecule has 6 nitrogen and oxygen atoms in total. The number of anilines is 1. The summed E-state index contributed by atoms with van der Waals surface area (Å²) in [4.78, 5) is 4.03. The van der Waals surface area contributed by atoms with Gasteiger partial charge < -0.3 is 9.67 Å². The second-order valence-corrected chi connectivity index (χ2v) is 5.69. The molecular weight excluding hydrogens is 266 g/mol. The maximum absolute atomic E-state index is 12.1. The lowest BCUT2D eigenvalue weighted by Gasteiger charge is -2.05. The highest BCUT2D eigenvalue weighted by Crippen LogP contribution is 2.18. The summed E-state index contributed by atoms with van der Waals surface area (Å²) >= 11 is 0. The van der Waals surface area contributed by atoms with E-state index in [0.29, 0.717) is 18.1 Å². The van der Waals surface area contributed by atoms with Crippen molar-refractivity contribution in [2.75, 3.05) is 4.72 Å². The first kappa shape index (κ1) is 13.4. The number of phenols is 1.